The Morgan fingerprint density at radius 1 is 1.32 bits per heavy atom. The molecule has 100 valence electrons. The highest BCUT2D eigenvalue weighted by molar-refractivity contribution is 8.00. The first kappa shape index (κ1) is 13.7. The standard InChI is InChI=1S/C14H16N2O2S/c1-9-4-6-12(7-5-9)19-11(3)14(17)15-13-8-10(2)16-18-13/h4-8,11H,1-3H3,(H,15,17). The van der Waals surface area contributed by atoms with Gasteiger partial charge in [-0.25, -0.2) is 0 Å². The summed E-state index contributed by atoms with van der Waals surface area (Å²) in [7, 11) is 0. The number of aromatic nitrogens is 1. The lowest BCUT2D eigenvalue weighted by Crippen LogP contribution is -2.22. The van der Waals surface area contributed by atoms with E-state index in [-0.39, 0.29) is 11.2 Å². The van der Waals surface area contributed by atoms with Gasteiger partial charge < -0.3 is 4.52 Å². The highest BCUT2D eigenvalue weighted by Gasteiger charge is 2.16. The van der Waals surface area contributed by atoms with Gasteiger partial charge in [0.25, 0.3) is 0 Å². The molecule has 0 fully saturated rings. The van der Waals surface area contributed by atoms with E-state index >= 15 is 0 Å². The summed E-state index contributed by atoms with van der Waals surface area (Å²) in [4.78, 5) is 13.0. The molecule has 2 rings (SSSR count). The fraction of sp³-hybridized carbons (Fsp3) is 0.286. The van der Waals surface area contributed by atoms with Crippen molar-refractivity contribution in [3.8, 4) is 0 Å². The number of rotatable bonds is 4. The summed E-state index contributed by atoms with van der Waals surface area (Å²) in [5.41, 5.74) is 1.95. The van der Waals surface area contributed by atoms with Gasteiger partial charge in [0.1, 0.15) is 0 Å². The van der Waals surface area contributed by atoms with Gasteiger partial charge in [0.05, 0.1) is 10.9 Å². The number of hydrogen-bond donors (Lipinski definition) is 1. The maximum Gasteiger partial charge on any atom is 0.239 e. The second-order valence-electron chi connectivity index (χ2n) is 4.39. The first-order valence-electron chi connectivity index (χ1n) is 6.02. The topological polar surface area (TPSA) is 55.1 Å². The first-order valence-corrected chi connectivity index (χ1v) is 6.90. The number of benzene rings is 1. The van der Waals surface area contributed by atoms with Crippen LogP contribution in [-0.4, -0.2) is 16.3 Å². The predicted molar refractivity (Wildman–Crippen MR) is 76.4 cm³/mol. The molecule has 0 aliphatic rings. The molecule has 0 radical (unpaired) electrons. The number of carbonyl (C=O) groups excluding carboxylic acids is 1. The van der Waals surface area contributed by atoms with Crippen LogP contribution >= 0.6 is 11.8 Å². The smallest absolute Gasteiger partial charge is 0.239 e. The number of nitrogens with zero attached hydrogens (tertiary/aromatic N) is 1. The Hall–Kier alpha value is -1.75. The summed E-state index contributed by atoms with van der Waals surface area (Å²) in [5, 5.41) is 6.23. The number of hydrogen-bond acceptors (Lipinski definition) is 4. The van der Waals surface area contributed by atoms with Crippen molar-refractivity contribution in [2.75, 3.05) is 5.32 Å². The summed E-state index contributed by atoms with van der Waals surface area (Å²) < 4.78 is 4.96. The van der Waals surface area contributed by atoms with Crippen LogP contribution in [0.4, 0.5) is 5.88 Å². The lowest BCUT2D eigenvalue weighted by atomic mass is 10.2. The van der Waals surface area contributed by atoms with Crippen LogP contribution in [0.3, 0.4) is 0 Å². The normalized spacial score (nSPS) is 12.2. The molecule has 0 aliphatic heterocycles. The van der Waals surface area contributed by atoms with E-state index in [2.05, 4.69) is 10.5 Å². The third-order valence-electron chi connectivity index (χ3n) is 2.58. The van der Waals surface area contributed by atoms with E-state index in [0.29, 0.717) is 5.88 Å². The fourth-order valence-corrected chi connectivity index (χ4v) is 2.39. The highest BCUT2D eigenvalue weighted by Crippen LogP contribution is 2.24. The van der Waals surface area contributed by atoms with Crippen LogP contribution in [0, 0.1) is 13.8 Å². The van der Waals surface area contributed by atoms with Crippen molar-refractivity contribution >= 4 is 23.6 Å². The summed E-state index contributed by atoms with van der Waals surface area (Å²) in [6.07, 6.45) is 0. The molecule has 0 spiro atoms. The molecule has 19 heavy (non-hydrogen) atoms. The molecule has 1 atom stereocenters. The number of anilines is 1. The van der Waals surface area contributed by atoms with E-state index in [0.717, 1.165) is 10.6 Å². The van der Waals surface area contributed by atoms with Crippen molar-refractivity contribution in [3.05, 3.63) is 41.6 Å². The Morgan fingerprint density at radius 3 is 2.58 bits per heavy atom. The Labute approximate surface area is 116 Å². The van der Waals surface area contributed by atoms with Crippen LogP contribution in [0.2, 0.25) is 0 Å². The molecular formula is C14H16N2O2S. The van der Waals surface area contributed by atoms with Gasteiger partial charge in [-0.2, -0.15) is 0 Å². The van der Waals surface area contributed by atoms with Gasteiger partial charge in [-0.1, -0.05) is 22.9 Å². The number of carbonyl (C=O) groups is 1. The zero-order chi connectivity index (χ0) is 13.8. The van der Waals surface area contributed by atoms with Crippen LogP contribution in [-0.2, 0) is 4.79 Å². The van der Waals surface area contributed by atoms with Crippen LogP contribution in [0.25, 0.3) is 0 Å². The Balaban J connectivity index is 1.94. The SMILES string of the molecule is Cc1ccc(SC(C)C(=O)Nc2cc(C)no2)cc1. The highest BCUT2D eigenvalue weighted by atomic mass is 32.2. The average Bonchev–Trinajstić information content (AvgIpc) is 2.77. The van der Waals surface area contributed by atoms with Crippen molar-refractivity contribution in [2.45, 2.75) is 30.9 Å². The zero-order valence-electron chi connectivity index (χ0n) is 11.1. The van der Waals surface area contributed by atoms with E-state index < -0.39 is 0 Å². The van der Waals surface area contributed by atoms with E-state index in [1.54, 1.807) is 6.07 Å². The fourth-order valence-electron chi connectivity index (χ4n) is 1.52. The van der Waals surface area contributed by atoms with Crippen molar-refractivity contribution in [2.24, 2.45) is 0 Å². The Morgan fingerprint density at radius 2 is 2.00 bits per heavy atom. The lowest BCUT2D eigenvalue weighted by Gasteiger charge is -2.10. The molecule has 0 saturated heterocycles. The number of nitrogens with one attached hydrogen (secondary N) is 1. The minimum absolute atomic E-state index is 0.0956. The molecule has 0 bridgehead atoms. The van der Waals surface area contributed by atoms with Crippen LogP contribution in [0.1, 0.15) is 18.2 Å². The summed E-state index contributed by atoms with van der Waals surface area (Å²) in [6, 6.07) is 9.80. The summed E-state index contributed by atoms with van der Waals surface area (Å²) in [5.74, 6) is 0.292. The van der Waals surface area contributed by atoms with Gasteiger partial charge in [0, 0.05) is 11.0 Å². The molecule has 1 N–H and O–H groups in total. The predicted octanol–water partition coefficient (Wildman–Crippen LogP) is 3.41. The van der Waals surface area contributed by atoms with Crippen molar-refractivity contribution < 1.29 is 9.32 Å². The van der Waals surface area contributed by atoms with Gasteiger partial charge in [-0.3, -0.25) is 10.1 Å². The molecule has 5 heteroatoms. The molecule has 0 aliphatic carbocycles. The van der Waals surface area contributed by atoms with E-state index in [4.69, 9.17) is 4.52 Å². The van der Waals surface area contributed by atoms with Crippen LogP contribution in [0.5, 0.6) is 0 Å². The molecule has 1 amide bonds. The molecule has 1 aromatic carbocycles. The number of thioether (sulfide) groups is 1. The third kappa shape index (κ3) is 3.86. The second kappa shape index (κ2) is 5.93. The van der Waals surface area contributed by atoms with Gasteiger partial charge in [-0.05, 0) is 32.9 Å². The zero-order valence-corrected chi connectivity index (χ0v) is 12.0. The van der Waals surface area contributed by atoms with Crippen molar-refractivity contribution in [3.63, 3.8) is 0 Å². The molecule has 0 saturated carbocycles. The molecule has 4 nitrogen and oxygen atoms in total. The summed E-state index contributed by atoms with van der Waals surface area (Å²) >= 11 is 1.51. The van der Waals surface area contributed by atoms with Crippen molar-refractivity contribution in [1.82, 2.24) is 5.16 Å². The van der Waals surface area contributed by atoms with Gasteiger partial charge in [0.2, 0.25) is 11.8 Å². The average molecular weight is 276 g/mol. The van der Waals surface area contributed by atoms with E-state index in [1.165, 1.54) is 17.3 Å². The quantitative estimate of drug-likeness (QED) is 0.869. The lowest BCUT2D eigenvalue weighted by molar-refractivity contribution is -0.115. The van der Waals surface area contributed by atoms with Crippen molar-refractivity contribution in [1.29, 1.82) is 0 Å². The Bertz CT molecular complexity index is 563. The largest absolute Gasteiger partial charge is 0.338 e. The van der Waals surface area contributed by atoms with Gasteiger partial charge in [-0.15, -0.1) is 11.8 Å². The molecule has 2 aromatic rings. The monoisotopic (exact) mass is 276 g/mol. The first-order chi connectivity index (χ1) is 9.04. The van der Waals surface area contributed by atoms with E-state index in [9.17, 15) is 4.79 Å². The minimum Gasteiger partial charge on any atom is -0.338 e. The van der Waals surface area contributed by atoms with Gasteiger partial charge >= 0.3 is 0 Å². The Kier molecular flexibility index (Phi) is 4.27. The molecular weight excluding hydrogens is 260 g/mol. The summed E-state index contributed by atoms with van der Waals surface area (Å²) in [6.45, 7) is 5.71. The maximum absolute atomic E-state index is 12.0. The molecule has 1 aromatic heterocycles. The molecule has 1 heterocycles. The third-order valence-corrected chi connectivity index (χ3v) is 3.69. The van der Waals surface area contributed by atoms with Crippen LogP contribution < -0.4 is 5.32 Å². The van der Waals surface area contributed by atoms with E-state index in [1.807, 2.05) is 45.0 Å². The van der Waals surface area contributed by atoms with Gasteiger partial charge in [0.15, 0.2) is 0 Å². The number of aryl methyl sites for hydroxylation is 2. The molecule has 1 unspecified atom stereocenters. The second-order valence-corrected chi connectivity index (χ2v) is 5.81. The van der Waals surface area contributed by atoms with Crippen LogP contribution in [0.15, 0.2) is 39.8 Å². The minimum atomic E-state index is -0.201. The maximum atomic E-state index is 12.0. The number of amides is 1.